The van der Waals surface area contributed by atoms with Crippen molar-refractivity contribution in [3.05, 3.63) is 22.4 Å². The molecule has 19 heavy (non-hydrogen) atoms. The predicted molar refractivity (Wildman–Crippen MR) is 74.9 cm³/mol. The fourth-order valence-electron chi connectivity index (χ4n) is 1.53. The summed E-state index contributed by atoms with van der Waals surface area (Å²) < 4.78 is 4.80. The van der Waals surface area contributed by atoms with Crippen LogP contribution < -0.4 is 10.6 Å². The third kappa shape index (κ3) is 5.30. The summed E-state index contributed by atoms with van der Waals surface area (Å²) >= 11 is 1.58. The molecule has 0 aliphatic carbocycles. The van der Waals surface area contributed by atoms with E-state index in [1.54, 1.807) is 18.3 Å². The summed E-state index contributed by atoms with van der Waals surface area (Å²) in [6, 6.07) is 3.30. The van der Waals surface area contributed by atoms with Gasteiger partial charge in [-0.25, -0.2) is 4.79 Å². The first-order valence-electron chi connectivity index (χ1n) is 6.28. The highest BCUT2D eigenvalue weighted by molar-refractivity contribution is 7.09. The smallest absolute Gasteiger partial charge is 0.407 e. The molecule has 0 spiro atoms. The molecule has 106 valence electrons. The zero-order chi connectivity index (χ0) is 14.3. The molecule has 0 radical (unpaired) electrons. The average molecular weight is 284 g/mol. The van der Waals surface area contributed by atoms with Gasteiger partial charge in [-0.3, -0.25) is 4.79 Å². The standard InChI is InChI=1S/C13H20N2O3S/c1-4-18-13(17)15-11(9(2)3)12(16)14-8-10-6-5-7-19-10/h5-7,9,11H,4,8H2,1-3H3,(H,14,16)(H,15,17)/t11-/m0/s1. The van der Waals surface area contributed by atoms with Gasteiger partial charge in [0.25, 0.3) is 0 Å². The van der Waals surface area contributed by atoms with Gasteiger partial charge in [-0.05, 0) is 24.3 Å². The minimum atomic E-state index is -0.584. The van der Waals surface area contributed by atoms with Crippen molar-refractivity contribution in [1.29, 1.82) is 0 Å². The molecule has 0 aliphatic heterocycles. The molecule has 1 heterocycles. The second-order valence-electron chi connectivity index (χ2n) is 4.38. The summed E-state index contributed by atoms with van der Waals surface area (Å²) in [5.41, 5.74) is 0. The largest absolute Gasteiger partial charge is 0.450 e. The van der Waals surface area contributed by atoms with E-state index in [9.17, 15) is 9.59 Å². The van der Waals surface area contributed by atoms with E-state index in [1.165, 1.54) is 0 Å². The summed E-state index contributed by atoms with van der Waals surface area (Å²) in [5, 5.41) is 7.35. The molecule has 0 bridgehead atoms. The minimum absolute atomic E-state index is 0.00672. The highest BCUT2D eigenvalue weighted by Crippen LogP contribution is 2.08. The Kier molecular flexibility index (Phi) is 6.35. The van der Waals surface area contributed by atoms with Crippen molar-refractivity contribution >= 4 is 23.3 Å². The molecule has 0 saturated heterocycles. The number of nitrogens with one attached hydrogen (secondary N) is 2. The Labute approximate surface area is 117 Å². The molecule has 2 amide bonds. The van der Waals surface area contributed by atoms with Crippen molar-refractivity contribution < 1.29 is 14.3 Å². The normalized spacial score (nSPS) is 12.0. The summed E-state index contributed by atoms with van der Waals surface area (Å²) in [7, 11) is 0. The molecule has 0 saturated carbocycles. The van der Waals surface area contributed by atoms with Gasteiger partial charge in [0.15, 0.2) is 0 Å². The minimum Gasteiger partial charge on any atom is -0.450 e. The Bertz CT molecular complexity index is 404. The zero-order valence-corrected chi connectivity index (χ0v) is 12.3. The SMILES string of the molecule is CCOC(=O)N[C@H](C(=O)NCc1cccs1)C(C)C. The first kappa shape index (κ1) is 15.5. The monoisotopic (exact) mass is 284 g/mol. The maximum absolute atomic E-state index is 12.0. The first-order chi connectivity index (χ1) is 9.04. The third-order valence-corrected chi connectivity index (χ3v) is 3.39. The van der Waals surface area contributed by atoms with Crippen LogP contribution in [-0.2, 0) is 16.1 Å². The molecule has 2 N–H and O–H groups in total. The molecule has 0 aliphatic rings. The summed E-state index contributed by atoms with van der Waals surface area (Å²) in [6.07, 6.45) is -0.563. The Morgan fingerprint density at radius 3 is 2.68 bits per heavy atom. The quantitative estimate of drug-likeness (QED) is 0.841. The molecular formula is C13H20N2O3S. The molecule has 0 aromatic carbocycles. The Morgan fingerprint density at radius 2 is 2.16 bits per heavy atom. The van der Waals surface area contributed by atoms with Crippen LogP contribution in [0.1, 0.15) is 25.6 Å². The summed E-state index contributed by atoms with van der Waals surface area (Å²) in [6.45, 7) is 6.24. The lowest BCUT2D eigenvalue weighted by Crippen LogP contribution is -2.49. The topological polar surface area (TPSA) is 67.4 Å². The molecular weight excluding hydrogens is 264 g/mol. The van der Waals surface area contributed by atoms with Crippen LogP contribution in [-0.4, -0.2) is 24.6 Å². The molecule has 1 rings (SSSR count). The van der Waals surface area contributed by atoms with Gasteiger partial charge in [-0.1, -0.05) is 19.9 Å². The van der Waals surface area contributed by atoms with Gasteiger partial charge in [0, 0.05) is 4.88 Å². The summed E-state index contributed by atoms with van der Waals surface area (Å²) in [4.78, 5) is 24.5. The number of thiophene rings is 1. The number of alkyl carbamates (subject to hydrolysis) is 1. The van der Waals surface area contributed by atoms with Gasteiger partial charge < -0.3 is 15.4 Å². The lowest BCUT2D eigenvalue weighted by Gasteiger charge is -2.21. The van der Waals surface area contributed by atoms with Crippen LogP contribution >= 0.6 is 11.3 Å². The van der Waals surface area contributed by atoms with Crippen LogP contribution in [0.25, 0.3) is 0 Å². The lowest BCUT2D eigenvalue weighted by atomic mass is 10.0. The van der Waals surface area contributed by atoms with E-state index < -0.39 is 12.1 Å². The first-order valence-corrected chi connectivity index (χ1v) is 7.16. The molecule has 6 heteroatoms. The molecule has 0 unspecified atom stereocenters. The zero-order valence-electron chi connectivity index (χ0n) is 11.4. The fourth-order valence-corrected chi connectivity index (χ4v) is 2.18. The number of rotatable bonds is 6. The molecule has 0 fully saturated rings. The predicted octanol–water partition coefficient (Wildman–Crippen LogP) is 2.13. The number of ether oxygens (including phenoxy) is 1. The molecule has 5 nitrogen and oxygen atoms in total. The van der Waals surface area contributed by atoms with E-state index >= 15 is 0 Å². The van der Waals surface area contributed by atoms with Gasteiger partial charge >= 0.3 is 6.09 Å². The number of carbonyl (C=O) groups is 2. The fraction of sp³-hybridized carbons (Fsp3) is 0.538. The second kappa shape index (κ2) is 7.78. The maximum Gasteiger partial charge on any atom is 0.407 e. The van der Waals surface area contributed by atoms with Crippen molar-refractivity contribution in [3.63, 3.8) is 0 Å². The molecule has 1 aromatic heterocycles. The van der Waals surface area contributed by atoms with E-state index in [2.05, 4.69) is 10.6 Å². The van der Waals surface area contributed by atoms with Gasteiger partial charge in [-0.2, -0.15) is 0 Å². The van der Waals surface area contributed by atoms with Crippen LogP contribution in [0.4, 0.5) is 4.79 Å². The van der Waals surface area contributed by atoms with Gasteiger partial charge in [-0.15, -0.1) is 11.3 Å². The van der Waals surface area contributed by atoms with E-state index in [1.807, 2.05) is 31.4 Å². The number of hydrogen-bond donors (Lipinski definition) is 2. The van der Waals surface area contributed by atoms with E-state index in [-0.39, 0.29) is 18.4 Å². The van der Waals surface area contributed by atoms with E-state index in [0.29, 0.717) is 6.54 Å². The van der Waals surface area contributed by atoms with Crippen molar-refractivity contribution in [2.75, 3.05) is 6.61 Å². The number of carbonyl (C=O) groups excluding carboxylic acids is 2. The maximum atomic E-state index is 12.0. The van der Waals surface area contributed by atoms with Crippen LogP contribution in [0.3, 0.4) is 0 Å². The Hall–Kier alpha value is -1.56. The summed E-state index contributed by atoms with van der Waals surface area (Å²) in [5.74, 6) is -0.204. The van der Waals surface area contributed by atoms with Gasteiger partial charge in [0.1, 0.15) is 6.04 Å². The van der Waals surface area contributed by atoms with Crippen molar-refractivity contribution in [1.82, 2.24) is 10.6 Å². The number of hydrogen-bond acceptors (Lipinski definition) is 4. The van der Waals surface area contributed by atoms with Crippen LogP contribution in [0.2, 0.25) is 0 Å². The highest BCUT2D eigenvalue weighted by Gasteiger charge is 2.24. The van der Waals surface area contributed by atoms with Crippen LogP contribution in [0, 0.1) is 5.92 Å². The lowest BCUT2D eigenvalue weighted by molar-refractivity contribution is -0.124. The average Bonchev–Trinajstić information content (AvgIpc) is 2.86. The van der Waals surface area contributed by atoms with Crippen molar-refractivity contribution in [2.45, 2.75) is 33.4 Å². The third-order valence-electron chi connectivity index (χ3n) is 2.51. The Balaban J connectivity index is 2.50. The molecule has 1 aromatic rings. The van der Waals surface area contributed by atoms with Gasteiger partial charge in [0.2, 0.25) is 5.91 Å². The number of amides is 2. The second-order valence-corrected chi connectivity index (χ2v) is 5.42. The molecule has 1 atom stereocenters. The van der Waals surface area contributed by atoms with Gasteiger partial charge in [0.05, 0.1) is 13.2 Å². The highest BCUT2D eigenvalue weighted by atomic mass is 32.1. The van der Waals surface area contributed by atoms with E-state index in [4.69, 9.17) is 4.74 Å². The van der Waals surface area contributed by atoms with Crippen LogP contribution in [0.5, 0.6) is 0 Å². The van der Waals surface area contributed by atoms with Crippen molar-refractivity contribution in [2.24, 2.45) is 5.92 Å². The van der Waals surface area contributed by atoms with E-state index in [0.717, 1.165) is 4.88 Å². The Morgan fingerprint density at radius 1 is 1.42 bits per heavy atom. The van der Waals surface area contributed by atoms with Crippen LogP contribution in [0.15, 0.2) is 17.5 Å². The van der Waals surface area contributed by atoms with Crippen molar-refractivity contribution in [3.8, 4) is 0 Å².